The van der Waals surface area contributed by atoms with Gasteiger partial charge in [0.1, 0.15) is 0 Å². The summed E-state index contributed by atoms with van der Waals surface area (Å²) in [6, 6.07) is 7.84. The van der Waals surface area contributed by atoms with Crippen molar-refractivity contribution in [3.8, 4) is 0 Å². The minimum atomic E-state index is -0.406. The van der Waals surface area contributed by atoms with Gasteiger partial charge in [-0.15, -0.1) is 0 Å². The summed E-state index contributed by atoms with van der Waals surface area (Å²) in [5, 5.41) is 6.25. The summed E-state index contributed by atoms with van der Waals surface area (Å²) in [6.07, 6.45) is 0.903. The van der Waals surface area contributed by atoms with Gasteiger partial charge in [-0.3, -0.25) is 9.59 Å². The number of benzene rings is 1. The molecule has 5 heteroatoms. The van der Waals surface area contributed by atoms with E-state index in [1.807, 2.05) is 24.3 Å². The summed E-state index contributed by atoms with van der Waals surface area (Å²) in [5.41, 5.74) is 7.16. The second-order valence-corrected chi connectivity index (χ2v) is 5.50. The van der Waals surface area contributed by atoms with Crippen LogP contribution in [0.25, 0.3) is 0 Å². The maximum atomic E-state index is 12.4. The number of carbonyl (C=O) groups is 2. The number of hydrogen-bond acceptors (Lipinski definition) is 3. The first kappa shape index (κ1) is 14.4. The van der Waals surface area contributed by atoms with E-state index in [4.69, 9.17) is 5.73 Å². The van der Waals surface area contributed by atoms with E-state index in [9.17, 15) is 9.59 Å². The number of nitrogens with one attached hydrogen (secondary N) is 2. The van der Waals surface area contributed by atoms with Gasteiger partial charge in [0.05, 0.1) is 5.92 Å². The highest BCUT2D eigenvalue weighted by molar-refractivity contribution is 5.87. The van der Waals surface area contributed by atoms with Gasteiger partial charge in [0.15, 0.2) is 0 Å². The van der Waals surface area contributed by atoms with Crippen LogP contribution in [-0.4, -0.2) is 23.9 Å². The molecule has 0 saturated heterocycles. The number of anilines is 1. The summed E-state index contributed by atoms with van der Waals surface area (Å²) in [7, 11) is 0. The fourth-order valence-corrected chi connectivity index (χ4v) is 2.68. The van der Waals surface area contributed by atoms with Gasteiger partial charge in [-0.05, 0) is 31.9 Å². The smallest absolute Gasteiger partial charge is 0.227 e. The first-order valence-corrected chi connectivity index (χ1v) is 6.91. The third kappa shape index (κ3) is 3.29. The molecular formula is C15H21N3O2. The van der Waals surface area contributed by atoms with Crippen molar-refractivity contribution in [1.82, 2.24) is 5.32 Å². The number of amides is 2. The fraction of sp³-hybridized carbons (Fsp3) is 0.467. The highest BCUT2D eigenvalue weighted by Crippen LogP contribution is 2.34. The van der Waals surface area contributed by atoms with Gasteiger partial charge in [-0.25, -0.2) is 0 Å². The van der Waals surface area contributed by atoms with E-state index in [0.29, 0.717) is 0 Å². The third-order valence-electron chi connectivity index (χ3n) is 3.54. The number of primary amides is 1. The van der Waals surface area contributed by atoms with Crippen molar-refractivity contribution in [2.24, 2.45) is 5.73 Å². The molecule has 1 aromatic rings. The normalized spacial score (nSPS) is 22.3. The number of hydrogen-bond donors (Lipinski definition) is 3. The topological polar surface area (TPSA) is 84.2 Å². The van der Waals surface area contributed by atoms with Gasteiger partial charge >= 0.3 is 0 Å². The molecule has 0 saturated carbocycles. The minimum absolute atomic E-state index is 0.0421. The van der Waals surface area contributed by atoms with E-state index in [0.717, 1.165) is 17.7 Å². The van der Waals surface area contributed by atoms with Crippen LogP contribution in [0.3, 0.4) is 0 Å². The molecule has 20 heavy (non-hydrogen) atoms. The van der Waals surface area contributed by atoms with E-state index in [1.165, 1.54) is 0 Å². The average molecular weight is 275 g/mol. The Morgan fingerprint density at radius 1 is 1.45 bits per heavy atom. The predicted molar refractivity (Wildman–Crippen MR) is 78.3 cm³/mol. The van der Waals surface area contributed by atoms with Crippen LogP contribution in [0.15, 0.2) is 24.3 Å². The van der Waals surface area contributed by atoms with Gasteiger partial charge in [0.2, 0.25) is 11.8 Å². The molecule has 5 nitrogen and oxygen atoms in total. The van der Waals surface area contributed by atoms with E-state index < -0.39 is 5.91 Å². The van der Waals surface area contributed by atoms with Gasteiger partial charge in [-0.1, -0.05) is 18.2 Å². The molecule has 1 aromatic carbocycles. The van der Waals surface area contributed by atoms with Crippen molar-refractivity contribution in [2.75, 3.05) is 5.32 Å². The Morgan fingerprint density at radius 3 is 2.85 bits per heavy atom. The zero-order chi connectivity index (χ0) is 14.7. The Labute approximate surface area is 118 Å². The number of carbonyl (C=O) groups excluding carboxylic acids is 2. The lowest BCUT2D eigenvalue weighted by Crippen LogP contribution is -2.41. The predicted octanol–water partition coefficient (Wildman–Crippen LogP) is 1.35. The molecule has 1 aliphatic heterocycles. The van der Waals surface area contributed by atoms with Crippen molar-refractivity contribution in [2.45, 2.75) is 44.7 Å². The highest BCUT2D eigenvalue weighted by atomic mass is 16.2. The van der Waals surface area contributed by atoms with E-state index in [-0.39, 0.29) is 30.3 Å². The molecule has 0 aliphatic carbocycles. The monoisotopic (exact) mass is 275 g/mol. The lowest BCUT2D eigenvalue weighted by molar-refractivity contribution is -0.124. The second-order valence-electron chi connectivity index (χ2n) is 5.50. The standard InChI is InChI=1S/C15H21N3O2/c1-9-7-12(11-5-3-4-6-13(11)17-9)15(20)18-10(2)8-14(16)19/h3-6,9-10,12,17H,7-8H2,1-2H3,(H2,16,19)(H,18,20). The molecule has 1 heterocycles. The summed E-state index contributed by atoms with van der Waals surface area (Å²) < 4.78 is 0. The molecule has 2 amide bonds. The molecular weight excluding hydrogens is 254 g/mol. The van der Waals surface area contributed by atoms with Gasteiger partial charge < -0.3 is 16.4 Å². The summed E-state index contributed by atoms with van der Waals surface area (Å²) in [4.78, 5) is 23.3. The van der Waals surface area contributed by atoms with Crippen molar-refractivity contribution < 1.29 is 9.59 Å². The molecule has 1 aliphatic rings. The first-order valence-electron chi connectivity index (χ1n) is 6.91. The lowest BCUT2D eigenvalue weighted by atomic mass is 9.86. The zero-order valence-corrected chi connectivity index (χ0v) is 11.8. The molecule has 4 N–H and O–H groups in total. The number of nitrogens with two attached hydrogens (primary N) is 1. The molecule has 3 atom stereocenters. The molecule has 0 fully saturated rings. The van der Waals surface area contributed by atoms with E-state index in [1.54, 1.807) is 6.92 Å². The fourth-order valence-electron chi connectivity index (χ4n) is 2.68. The average Bonchev–Trinajstić information content (AvgIpc) is 2.36. The summed E-state index contributed by atoms with van der Waals surface area (Å²) >= 11 is 0. The van der Waals surface area contributed by atoms with Crippen molar-refractivity contribution in [3.63, 3.8) is 0 Å². The molecule has 0 spiro atoms. The number of rotatable bonds is 4. The molecule has 0 aromatic heterocycles. The van der Waals surface area contributed by atoms with Crippen LogP contribution in [0.1, 0.15) is 38.2 Å². The van der Waals surface area contributed by atoms with Crippen LogP contribution >= 0.6 is 0 Å². The Kier molecular flexibility index (Phi) is 4.27. The summed E-state index contributed by atoms with van der Waals surface area (Å²) in [6.45, 7) is 3.85. The van der Waals surface area contributed by atoms with Crippen LogP contribution in [-0.2, 0) is 9.59 Å². The molecule has 3 unspecified atom stereocenters. The zero-order valence-electron chi connectivity index (χ0n) is 11.8. The van der Waals surface area contributed by atoms with Crippen LogP contribution in [0.5, 0.6) is 0 Å². The van der Waals surface area contributed by atoms with Crippen molar-refractivity contribution >= 4 is 17.5 Å². The molecule has 0 radical (unpaired) electrons. The van der Waals surface area contributed by atoms with Crippen LogP contribution in [0.4, 0.5) is 5.69 Å². The lowest BCUT2D eigenvalue weighted by Gasteiger charge is -2.31. The first-order chi connectivity index (χ1) is 9.47. The Balaban J connectivity index is 2.12. The van der Waals surface area contributed by atoms with Crippen LogP contribution < -0.4 is 16.4 Å². The van der Waals surface area contributed by atoms with Crippen LogP contribution in [0.2, 0.25) is 0 Å². The number of fused-ring (bicyclic) bond motifs is 1. The Bertz CT molecular complexity index is 516. The van der Waals surface area contributed by atoms with Gasteiger partial charge in [0, 0.05) is 24.2 Å². The second kappa shape index (κ2) is 5.94. The Hall–Kier alpha value is -2.04. The number of para-hydroxylation sites is 1. The van der Waals surface area contributed by atoms with Crippen molar-refractivity contribution in [1.29, 1.82) is 0 Å². The van der Waals surface area contributed by atoms with E-state index >= 15 is 0 Å². The maximum absolute atomic E-state index is 12.4. The quantitative estimate of drug-likeness (QED) is 0.775. The third-order valence-corrected chi connectivity index (χ3v) is 3.54. The summed E-state index contributed by atoms with van der Waals surface area (Å²) in [5.74, 6) is -0.630. The van der Waals surface area contributed by atoms with Crippen molar-refractivity contribution in [3.05, 3.63) is 29.8 Å². The largest absolute Gasteiger partial charge is 0.382 e. The molecule has 0 bridgehead atoms. The Morgan fingerprint density at radius 2 is 2.15 bits per heavy atom. The molecule has 2 rings (SSSR count). The SMILES string of the molecule is CC(CC(N)=O)NC(=O)C1CC(C)Nc2ccccc21. The van der Waals surface area contributed by atoms with Crippen LogP contribution in [0, 0.1) is 0 Å². The van der Waals surface area contributed by atoms with Gasteiger partial charge in [0.25, 0.3) is 0 Å². The highest BCUT2D eigenvalue weighted by Gasteiger charge is 2.30. The van der Waals surface area contributed by atoms with E-state index in [2.05, 4.69) is 17.6 Å². The minimum Gasteiger partial charge on any atom is -0.382 e. The van der Waals surface area contributed by atoms with Gasteiger partial charge in [-0.2, -0.15) is 0 Å². The maximum Gasteiger partial charge on any atom is 0.227 e. The molecule has 108 valence electrons.